The molecule has 0 N–H and O–H groups in total. The minimum Gasteiger partial charge on any atom is -0.398 e. The largest absolute Gasteiger partial charge is 0.398 e. The third-order valence-electron chi connectivity index (χ3n) is 2.95. The van der Waals surface area contributed by atoms with Gasteiger partial charge in [-0.2, -0.15) is 0 Å². The molecule has 98 valence electrons. The van der Waals surface area contributed by atoms with Gasteiger partial charge in [-0.05, 0) is 17.5 Å². The van der Waals surface area contributed by atoms with Crippen LogP contribution in [0, 0.1) is 5.41 Å². The second-order valence-corrected chi connectivity index (χ2v) is 9.36. The molecule has 0 aliphatic carbocycles. The van der Waals surface area contributed by atoms with Gasteiger partial charge in [0.15, 0.2) is 0 Å². The molecule has 0 heterocycles. The summed E-state index contributed by atoms with van der Waals surface area (Å²) in [5.74, 6) is 0. The van der Waals surface area contributed by atoms with Crippen molar-refractivity contribution >= 4 is 8.56 Å². The Morgan fingerprint density at radius 1 is 0.938 bits per heavy atom. The van der Waals surface area contributed by atoms with Crippen LogP contribution in [0.3, 0.4) is 0 Å². The van der Waals surface area contributed by atoms with Gasteiger partial charge in [-0.1, -0.05) is 53.4 Å². The second kappa shape index (κ2) is 7.46. The first-order chi connectivity index (χ1) is 7.39. The van der Waals surface area contributed by atoms with Gasteiger partial charge in [0, 0.05) is 14.2 Å². The molecular formula is C13H30O2Si. The van der Waals surface area contributed by atoms with Gasteiger partial charge >= 0.3 is 8.56 Å². The summed E-state index contributed by atoms with van der Waals surface area (Å²) in [7, 11) is 1.71. The molecule has 0 spiro atoms. The molecule has 2 nitrogen and oxygen atoms in total. The summed E-state index contributed by atoms with van der Waals surface area (Å²) in [5, 5.41) is 0. The molecule has 0 aliphatic rings. The van der Waals surface area contributed by atoms with Gasteiger partial charge in [-0.15, -0.1) is 0 Å². The molecule has 0 aromatic rings. The predicted octanol–water partition coefficient (Wildman–Crippen LogP) is 4.35. The summed E-state index contributed by atoms with van der Waals surface area (Å²) in [6.45, 7) is 9.03. The topological polar surface area (TPSA) is 18.5 Å². The zero-order chi connectivity index (χ0) is 12.7. The fourth-order valence-corrected chi connectivity index (χ4v) is 5.59. The molecule has 0 amide bonds. The van der Waals surface area contributed by atoms with Crippen molar-refractivity contribution in [2.24, 2.45) is 5.41 Å². The van der Waals surface area contributed by atoms with Crippen molar-refractivity contribution < 1.29 is 8.85 Å². The van der Waals surface area contributed by atoms with Gasteiger partial charge in [-0.3, -0.25) is 0 Å². The highest BCUT2D eigenvalue weighted by atomic mass is 28.4. The van der Waals surface area contributed by atoms with Crippen molar-refractivity contribution in [1.82, 2.24) is 0 Å². The van der Waals surface area contributed by atoms with Crippen LogP contribution in [0.2, 0.25) is 12.1 Å². The summed E-state index contributed by atoms with van der Waals surface area (Å²) in [4.78, 5) is 0. The lowest BCUT2D eigenvalue weighted by Crippen LogP contribution is -2.43. The Kier molecular flexibility index (Phi) is 7.52. The van der Waals surface area contributed by atoms with Crippen LogP contribution >= 0.6 is 0 Å². The van der Waals surface area contributed by atoms with Crippen LogP contribution in [0.15, 0.2) is 0 Å². The van der Waals surface area contributed by atoms with E-state index in [-0.39, 0.29) is 0 Å². The van der Waals surface area contributed by atoms with Crippen LogP contribution in [0.5, 0.6) is 0 Å². The minimum atomic E-state index is -1.93. The standard InChI is InChI=1S/C13H30O2Si/c1-7-8-9-10-11-16(14-5,15-6)12-13(2,3)4/h7-12H2,1-6H3. The summed E-state index contributed by atoms with van der Waals surface area (Å²) >= 11 is 0. The number of unbranched alkanes of at least 4 members (excludes halogenated alkanes) is 3. The van der Waals surface area contributed by atoms with E-state index in [0.717, 1.165) is 12.1 Å². The molecule has 0 aromatic heterocycles. The van der Waals surface area contributed by atoms with Gasteiger partial charge in [-0.25, -0.2) is 0 Å². The Labute approximate surface area is 103 Å². The van der Waals surface area contributed by atoms with Gasteiger partial charge in [0.05, 0.1) is 0 Å². The second-order valence-electron chi connectivity index (χ2n) is 5.87. The van der Waals surface area contributed by atoms with Crippen LogP contribution in [-0.2, 0) is 8.85 Å². The molecule has 0 saturated heterocycles. The molecule has 0 bridgehead atoms. The highest BCUT2D eigenvalue weighted by Crippen LogP contribution is 2.32. The SMILES string of the molecule is CCCCCC[Si](CC(C)(C)C)(OC)OC. The Hall–Kier alpha value is 0.137. The molecular weight excluding hydrogens is 216 g/mol. The van der Waals surface area contributed by atoms with Crippen molar-refractivity contribution in [2.75, 3.05) is 14.2 Å². The van der Waals surface area contributed by atoms with Crippen LogP contribution in [0.25, 0.3) is 0 Å². The average molecular weight is 246 g/mol. The minimum absolute atomic E-state index is 0.295. The first kappa shape index (κ1) is 16.1. The molecule has 0 unspecified atom stereocenters. The van der Waals surface area contributed by atoms with Crippen molar-refractivity contribution in [1.29, 1.82) is 0 Å². The monoisotopic (exact) mass is 246 g/mol. The summed E-state index contributed by atoms with van der Waals surface area (Å²) in [5.41, 5.74) is 0.295. The predicted molar refractivity (Wildman–Crippen MR) is 73.0 cm³/mol. The van der Waals surface area contributed by atoms with E-state index in [1.165, 1.54) is 25.7 Å². The number of hydrogen-bond acceptors (Lipinski definition) is 2. The van der Waals surface area contributed by atoms with Crippen LogP contribution in [0.4, 0.5) is 0 Å². The van der Waals surface area contributed by atoms with E-state index in [2.05, 4.69) is 27.7 Å². The van der Waals surface area contributed by atoms with Crippen molar-refractivity contribution in [3.8, 4) is 0 Å². The van der Waals surface area contributed by atoms with Gasteiger partial charge in [0.25, 0.3) is 0 Å². The highest BCUT2D eigenvalue weighted by molar-refractivity contribution is 6.67. The summed E-state index contributed by atoms with van der Waals surface area (Å²) in [6, 6.07) is 2.22. The van der Waals surface area contributed by atoms with E-state index >= 15 is 0 Å². The lowest BCUT2D eigenvalue weighted by Gasteiger charge is -2.33. The lowest BCUT2D eigenvalue weighted by atomic mass is 10.0. The van der Waals surface area contributed by atoms with E-state index in [9.17, 15) is 0 Å². The Morgan fingerprint density at radius 3 is 1.88 bits per heavy atom. The van der Waals surface area contributed by atoms with E-state index in [1.54, 1.807) is 0 Å². The van der Waals surface area contributed by atoms with E-state index < -0.39 is 8.56 Å². The first-order valence-corrected chi connectivity index (χ1v) is 8.72. The van der Waals surface area contributed by atoms with Crippen molar-refractivity contribution in [2.45, 2.75) is 65.5 Å². The molecule has 0 aromatic carbocycles. The maximum Gasteiger partial charge on any atom is 0.338 e. The third kappa shape index (κ3) is 6.66. The zero-order valence-electron chi connectivity index (χ0n) is 12.1. The van der Waals surface area contributed by atoms with Gasteiger partial charge < -0.3 is 8.85 Å². The first-order valence-electron chi connectivity index (χ1n) is 6.49. The molecule has 0 radical (unpaired) electrons. The molecule has 0 atom stereocenters. The van der Waals surface area contributed by atoms with Crippen LogP contribution < -0.4 is 0 Å². The Morgan fingerprint density at radius 2 is 1.50 bits per heavy atom. The van der Waals surface area contributed by atoms with E-state index in [1.807, 2.05) is 14.2 Å². The van der Waals surface area contributed by atoms with E-state index in [4.69, 9.17) is 8.85 Å². The van der Waals surface area contributed by atoms with Gasteiger partial charge in [0.1, 0.15) is 0 Å². The van der Waals surface area contributed by atoms with E-state index in [0.29, 0.717) is 5.41 Å². The third-order valence-corrected chi connectivity index (χ3v) is 7.16. The van der Waals surface area contributed by atoms with Gasteiger partial charge in [0.2, 0.25) is 0 Å². The summed E-state index contributed by atoms with van der Waals surface area (Å²) in [6.07, 6.45) is 5.17. The maximum atomic E-state index is 5.76. The van der Waals surface area contributed by atoms with Crippen molar-refractivity contribution in [3.05, 3.63) is 0 Å². The molecule has 16 heavy (non-hydrogen) atoms. The highest BCUT2D eigenvalue weighted by Gasteiger charge is 2.38. The maximum absolute atomic E-state index is 5.76. The molecule has 0 fully saturated rings. The molecule has 3 heteroatoms. The molecule has 0 saturated carbocycles. The smallest absolute Gasteiger partial charge is 0.338 e. The zero-order valence-corrected chi connectivity index (χ0v) is 13.1. The summed E-state index contributed by atoms with van der Waals surface area (Å²) < 4.78 is 11.5. The Bertz CT molecular complexity index is 171. The van der Waals surface area contributed by atoms with Crippen LogP contribution in [0.1, 0.15) is 53.4 Å². The number of rotatable bonds is 8. The fourth-order valence-electron chi connectivity index (χ4n) is 2.15. The quantitative estimate of drug-likeness (QED) is 0.468. The number of hydrogen-bond donors (Lipinski definition) is 0. The van der Waals surface area contributed by atoms with Crippen LogP contribution in [-0.4, -0.2) is 22.8 Å². The fraction of sp³-hybridized carbons (Fsp3) is 1.00. The molecule has 0 aliphatic heterocycles. The molecule has 0 rings (SSSR count). The average Bonchev–Trinajstić information content (AvgIpc) is 2.21. The lowest BCUT2D eigenvalue weighted by molar-refractivity contribution is 0.222. The Balaban J connectivity index is 4.21. The van der Waals surface area contributed by atoms with Crippen molar-refractivity contribution in [3.63, 3.8) is 0 Å². The normalized spacial score (nSPS) is 13.1.